The largest absolute Gasteiger partial charge is 0.313 e. The Morgan fingerprint density at radius 3 is 3.21 bits per heavy atom. The van der Waals surface area contributed by atoms with Gasteiger partial charge in [0.15, 0.2) is 5.78 Å². The third-order valence-corrected chi connectivity index (χ3v) is 2.80. The number of rotatable bonds is 3. The SMILES string of the molecule is CNCC(=O)c1ccc2scnc2c1. The second kappa shape index (κ2) is 3.86. The number of ketones is 1. The van der Waals surface area contributed by atoms with Crippen LogP contribution in [0.2, 0.25) is 0 Å². The maximum absolute atomic E-state index is 11.5. The summed E-state index contributed by atoms with van der Waals surface area (Å²) in [6.07, 6.45) is 0. The molecule has 0 radical (unpaired) electrons. The van der Waals surface area contributed by atoms with Crippen molar-refractivity contribution < 1.29 is 4.79 Å². The first kappa shape index (κ1) is 9.30. The average Bonchev–Trinajstić information content (AvgIpc) is 2.64. The van der Waals surface area contributed by atoms with Crippen molar-refractivity contribution in [2.75, 3.05) is 13.6 Å². The van der Waals surface area contributed by atoms with E-state index < -0.39 is 0 Å². The van der Waals surface area contributed by atoms with Gasteiger partial charge in [0.2, 0.25) is 0 Å². The summed E-state index contributed by atoms with van der Waals surface area (Å²) in [5, 5.41) is 2.84. The Labute approximate surface area is 85.8 Å². The van der Waals surface area contributed by atoms with Crippen molar-refractivity contribution in [1.82, 2.24) is 10.3 Å². The van der Waals surface area contributed by atoms with Gasteiger partial charge in [0.25, 0.3) is 0 Å². The molecule has 0 fully saturated rings. The number of likely N-dealkylation sites (N-methyl/N-ethyl adjacent to an activating group) is 1. The summed E-state index contributed by atoms with van der Waals surface area (Å²) in [5.74, 6) is 0.0994. The zero-order valence-corrected chi connectivity index (χ0v) is 8.60. The number of benzene rings is 1. The highest BCUT2D eigenvalue weighted by Crippen LogP contribution is 2.18. The van der Waals surface area contributed by atoms with Crippen LogP contribution in [0.25, 0.3) is 10.2 Å². The van der Waals surface area contributed by atoms with Crippen molar-refractivity contribution in [2.45, 2.75) is 0 Å². The zero-order valence-electron chi connectivity index (χ0n) is 7.78. The van der Waals surface area contributed by atoms with E-state index in [9.17, 15) is 4.79 Å². The molecular weight excluding hydrogens is 196 g/mol. The van der Waals surface area contributed by atoms with Crippen LogP contribution in [0.1, 0.15) is 10.4 Å². The van der Waals surface area contributed by atoms with Gasteiger partial charge >= 0.3 is 0 Å². The highest BCUT2D eigenvalue weighted by Gasteiger charge is 2.05. The molecule has 0 saturated heterocycles. The number of carbonyl (C=O) groups is 1. The van der Waals surface area contributed by atoms with Gasteiger partial charge in [-0.3, -0.25) is 4.79 Å². The molecule has 2 rings (SSSR count). The van der Waals surface area contributed by atoms with Gasteiger partial charge in [-0.1, -0.05) is 0 Å². The second-order valence-corrected chi connectivity index (χ2v) is 3.87. The van der Waals surface area contributed by atoms with Crippen LogP contribution < -0.4 is 5.32 Å². The van der Waals surface area contributed by atoms with Gasteiger partial charge in [-0.25, -0.2) is 4.98 Å². The normalized spacial score (nSPS) is 10.6. The standard InChI is InChI=1S/C10H10N2OS/c1-11-5-9(13)7-2-3-10-8(4-7)12-6-14-10/h2-4,6,11H,5H2,1H3. The average molecular weight is 206 g/mol. The van der Waals surface area contributed by atoms with Crippen LogP contribution >= 0.6 is 11.3 Å². The summed E-state index contributed by atoms with van der Waals surface area (Å²) in [5.41, 5.74) is 3.41. The van der Waals surface area contributed by atoms with E-state index in [2.05, 4.69) is 10.3 Å². The van der Waals surface area contributed by atoms with Crippen molar-refractivity contribution in [1.29, 1.82) is 0 Å². The maximum Gasteiger partial charge on any atom is 0.176 e. The highest BCUT2D eigenvalue weighted by molar-refractivity contribution is 7.16. The van der Waals surface area contributed by atoms with Crippen LogP contribution in [0.5, 0.6) is 0 Å². The van der Waals surface area contributed by atoms with E-state index in [0.29, 0.717) is 6.54 Å². The molecule has 1 aromatic carbocycles. The van der Waals surface area contributed by atoms with Crippen LogP contribution in [0, 0.1) is 0 Å². The summed E-state index contributed by atoms with van der Waals surface area (Å²) >= 11 is 1.58. The summed E-state index contributed by atoms with van der Waals surface area (Å²) in [7, 11) is 1.76. The van der Waals surface area contributed by atoms with E-state index >= 15 is 0 Å². The number of hydrogen-bond acceptors (Lipinski definition) is 4. The first-order valence-corrected chi connectivity index (χ1v) is 5.20. The van der Waals surface area contributed by atoms with Crippen LogP contribution in [-0.2, 0) is 0 Å². The Morgan fingerprint density at radius 1 is 1.57 bits per heavy atom. The van der Waals surface area contributed by atoms with Gasteiger partial charge in [0, 0.05) is 5.56 Å². The van der Waals surface area contributed by atoms with E-state index in [1.165, 1.54) is 0 Å². The number of fused-ring (bicyclic) bond motifs is 1. The molecular formula is C10H10N2OS. The third-order valence-electron chi connectivity index (χ3n) is 1.99. The maximum atomic E-state index is 11.5. The Kier molecular flexibility index (Phi) is 2.56. The van der Waals surface area contributed by atoms with E-state index in [4.69, 9.17) is 0 Å². The third kappa shape index (κ3) is 1.66. The van der Waals surface area contributed by atoms with Crippen LogP contribution in [0.15, 0.2) is 23.7 Å². The van der Waals surface area contributed by atoms with Gasteiger partial charge in [0.1, 0.15) is 0 Å². The molecule has 3 nitrogen and oxygen atoms in total. The molecule has 0 bridgehead atoms. The molecule has 0 spiro atoms. The molecule has 0 amide bonds. The van der Waals surface area contributed by atoms with E-state index in [-0.39, 0.29) is 5.78 Å². The Bertz CT molecular complexity index is 464. The van der Waals surface area contributed by atoms with Crippen LogP contribution in [0.4, 0.5) is 0 Å². The quantitative estimate of drug-likeness (QED) is 0.777. The monoisotopic (exact) mass is 206 g/mol. The molecule has 72 valence electrons. The summed E-state index contributed by atoms with van der Waals surface area (Å²) in [6.45, 7) is 0.371. The van der Waals surface area contributed by atoms with Crippen molar-refractivity contribution in [2.24, 2.45) is 0 Å². The molecule has 0 aliphatic heterocycles. The Balaban J connectivity index is 2.38. The lowest BCUT2D eigenvalue weighted by Crippen LogP contribution is -2.18. The number of aromatic nitrogens is 1. The molecule has 1 aromatic heterocycles. The van der Waals surface area contributed by atoms with Gasteiger partial charge < -0.3 is 5.32 Å². The molecule has 0 aliphatic rings. The summed E-state index contributed by atoms with van der Waals surface area (Å²) in [4.78, 5) is 15.7. The van der Waals surface area contributed by atoms with Crippen LogP contribution in [0.3, 0.4) is 0 Å². The molecule has 0 aliphatic carbocycles. The topological polar surface area (TPSA) is 42.0 Å². The van der Waals surface area contributed by atoms with Crippen molar-refractivity contribution >= 4 is 27.3 Å². The van der Waals surface area contributed by atoms with Gasteiger partial charge in [-0.15, -0.1) is 11.3 Å². The first-order chi connectivity index (χ1) is 6.81. The van der Waals surface area contributed by atoms with Crippen molar-refractivity contribution in [3.63, 3.8) is 0 Å². The van der Waals surface area contributed by atoms with E-state index in [0.717, 1.165) is 15.8 Å². The fourth-order valence-electron chi connectivity index (χ4n) is 1.29. The van der Waals surface area contributed by atoms with Gasteiger partial charge in [0.05, 0.1) is 22.3 Å². The summed E-state index contributed by atoms with van der Waals surface area (Å²) < 4.78 is 1.12. The summed E-state index contributed by atoms with van der Waals surface area (Å²) in [6, 6.07) is 5.63. The lowest BCUT2D eigenvalue weighted by Gasteiger charge is -1.99. The number of Topliss-reactive ketones (excluding diaryl/α,β-unsaturated/α-hetero) is 1. The molecule has 0 unspecified atom stereocenters. The fraction of sp³-hybridized carbons (Fsp3) is 0.200. The number of nitrogens with zero attached hydrogens (tertiary/aromatic N) is 1. The predicted octanol–water partition coefficient (Wildman–Crippen LogP) is 1.70. The predicted molar refractivity (Wildman–Crippen MR) is 57.9 cm³/mol. The van der Waals surface area contributed by atoms with E-state index in [1.54, 1.807) is 23.9 Å². The molecule has 2 aromatic rings. The minimum absolute atomic E-state index is 0.0994. The number of nitrogens with one attached hydrogen (secondary N) is 1. The first-order valence-electron chi connectivity index (χ1n) is 4.32. The number of hydrogen-bond donors (Lipinski definition) is 1. The lowest BCUT2D eigenvalue weighted by atomic mass is 10.1. The Hall–Kier alpha value is -1.26. The smallest absolute Gasteiger partial charge is 0.176 e. The zero-order chi connectivity index (χ0) is 9.97. The number of thiazole rings is 1. The van der Waals surface area contributed by atoms with Gasteiger partial charge in [-0.2, -0.15) is 0 Å². The lowest BCUT2D eigenvalue weighted by molar-refractivity contribution is 0.0993. The number of carbonyl (C=O) groups excluding carboxylic acids is 1. The molecule has 14 heavy (non-hydrogen) atoms. The van der Waals surface area contributed by atoms with Crippen molar-refractivity contribution in [3.05, 3.63) is 29.3 Å². The molecule has 1 N–H and O–H groups in total. The highest BCUT2D eigenvalue weighted by atomic mass is 32.1. The fourth-order valence-corrected chi connectivity index (χ4v) is 1.95. The molecule has 1 heterocycles. The molecule has 4 heteroatoms. The van der Waals surface area contributed by atoms with Crippen molar-refractivity contribution in [3.8, 4) is 0 Å². The van der Waals surface area contributed by atoms with Crippen LogP contribution in [-0.4, -0.2) is 24.4 Å². The molecule has 0 saturated carbocycles. The van der Waals surface area contributed by atoms with E-state index in [1.807, 2.05) is 18.2 Å². The molecule has 0 atom stereocenters. The van der Waals surface area contributed by atoms with Gasteiger partial charge in [-0.05, 0) is 25.2 Å². The minimum Gasteiger partial charge on any atom is -0.313 e. The second-order valence-electron chi connectivity index (χ2n) is 2.99. The Morgan fingerprint density at radius 2 is 2.43 bits per heavy atom. The minimum atomic E-state index is 0.0994.